The molecule has 0 aliphatic carbocycles. The van der Waals surface area contributed by atoms with Crippen molar-refractivity contribution in [3.05, 3.63) is 54.1 Å². The molecule has 2 aromatic rings. The van der Waals surface area contributed by atoms with Crippen molar-refractivity contribution in [2.75, 3.05) is 23.8 Å². The van der Waals surface area contributed by atoms with Crippen LogP contribution in [0.15, 0.2) is 48.5 Å². The zero-order valence-corrected chi connectivity index (χ0v) is 15.3. The fourth-order valence-electron chi connectivity index (χ4n) is 2.35. The van der Waals surface area contributed by atoms with Crippen LogP contribution in [-0.4, -0.2) is 31.0 Å². The SMILES string of the molecule is CC(=O)CCc1ccc(OCC(=O)Nc2ccccc2NCC(F)(F)F)cc1. The lowest BCUT2D eigenvalue weighted by atomic mass is 10.1. The Bertz CT molecular complexity index is 805. The molecule has 0 aromatic heterocycles. The number of para-hydroxylation sites is 2. The smallest absolute Gasteiger partial charge is 0.405 e. The highest BCUT2D eigenvalue weighted by molar-refractivity contribution is 5.95. The van der Waals surface area contributed by atoms with Gasteiger partial charge in [-0.25, -0.2) is 0 Å². The second-order valence-electron chi connectivity index (χ2n) is 6.20. The Balaban J connectivity index is 1.86. The molecule has 0 bridgehead atoms. The highest BCUT2D eigenvalue weighted by Crippen LogP contribution is 2.23. The van der Waals surface area contributed by atoms with Crippen molar-refractivity contribution >= 4 is 23.1 Å². The van der Waals surface area contributed by atoms with E-state index in [2.05, 4.69) is 10.6 Å². The highest BCUT2D eigenvalue weighted by Gasteiger charge is 2.27. The van der Waals surface area contributed by atoms with Crippen LogP contribution in [0.4, 0.5) is 24.5 Å². The van der Waals surface area contributed by atoms with Crippen molar-refractivity contribution < 1.29 is 27.5 Å². The summed E-state index contributed by atoms with van der Waals surface area (Å²) in [5.41, 5.74) is 1.39. The van der Waals surface area contributed by atoms with Crippen LogP contribution in [0.2, 0.25) is 0 Å². The minimum atomic E-state index is -4.36. The van der Waals surface area contributed by atoms with Gasteiger partial charge in [0.2, 0.25) is 0 Å². The Morgan fingerprint density at radius 3 is 2.25 bits per heavy atom. The number of ether oxygens (including phenoxy) is 1. The van der Waals surface area contributed by atoms with Gasteiger partial charge in [0, 0.05) is 6.42 Å². The van der Waals surface area contributed by atoms with Crippen molar-refractivity contribution in [2.45, 2.75) is 25.9 Å². The van der Waals surface area contributed by atoms with Crippen molar-refractivity contribution in [1.29, 1.82) is 0 Å². The number of nitrogens with one attached hydrogen (secondary N) is 2. The van der Waals surface area contributed by atoms with Gasteiger partial charge in [0.25, 0.3) is 5.91 Å². The Kier molecular flexibility index (Phi) is 7.43. The third-order valence-electron chi connectivity index (χ3n) is 3.74. The number of carbonyl (C=O) groups is 2. The van der Waals surface area contributed by atoms with E-state index in [9.17, 15) is 22.8 Å². The molecule has 0 heterocycles. The number of aryl methyl sites for hydroxylation is 1. The van der Waals surface area contributed by atoms with Crippen molar-refractivity contribution in [1.82, 2.24) is 0 Å². The summed E-state index contributed by atoms with van der Waals surface area (Å²) in [4.78, 5) is 23.1. The number of hydrogen-bond acceptors (Lipinski definition) is 4. The minimum Gasteiger partial charge on any atom is -0.484 e. The topological polar surface area (TPSA) is 67.4 Å². The maximum absolute atomic E-state index is 12.4. The molecule has 0 atom stereocenters. The van der Waals surface area contributed by atoms with Crippen LogP contribution in [0.3, 0.4) is 0 Å². The van der Waals surface area contributed by atoms with E-state index in [0.29, 0.717) is 18.6 Å². The molecule has 0 saturated heterocycles. The van der Waals surface area contributed by atoms with E-state index in [1.807, 2.05) is 12.1 Å². The third-order valence-corrected chi connectivity index (χ3v) is 3.74. The van der Waals surface area contributed by atoms with E-state index in [0.717, 1.165) is 5.56 Å². The number of amides is 1. The summed E-state index contributed by atoms with van der Waals surface area (Å²) in [5.74, 6) is 0.0918. The quantitative estimate of drug-likeness (QED) is 0.669. The molecule has 0 aliphatic rings. The van der Waals surface area contributed by atoms with Gasteiger partial charge in [0.05, 0.1) is 11.4 Å². The van der Waals surface area contributed by atoms with Gasteiger partial charge in [-0.05, 0) is 43.2 Å². The lowest BCUT2D eigenvalue weighted by Gasteiger charge is -2.14. The molecule has 0 radical (unpaired) electrons. The standard InChI is InChI=1S/C20H21F3N2O3/c1-14(26)6-7-15-8-10-16(11-9-15)28-12-19(27)25-18-5-3-2-4-17(18)24-13-20(21,22)23/h2-5,8-11,24H,6-7,12-13H2,1H3,(H,25,27). The molecule has 5 nitrogen and oxygen atoms in total. The lowest BCUT2D eigenvalue weighted by Crippen LogP contribution is -2.24. The number of hydrogen-bond donors (Lipinski definition) is 2. The average molecular weight is 394 g/mol. The van der Waals surface area contributed by atoms with Crippen LogP contribution in [-0.2, 0) is 16.0 Å². The van der Waals surface area contributed by atoms with Crippen molar-refractivity contribution in [2.24, 2.45) is 0 Å². The predicted octanol–water partition coefficient (Wildman–Crippen LogP) is 4.20. The maximum Gasteiger partial charge on any atom is 0.405 e. The number of alkyl halides is 3. The first-order valence-electron chi connectivity index (χ1n) is 8.63. The predicted molar refractivity (Wildman–Crippen MR) is 101 cm³/mol. The minimum absolute atomic E-state index is 0.113. The Morgan fingerprint density at radius 2 is 1.64 bits per heavy atom. The number of Topliss-reactive ketones (excluding diaryl/α,β-unsaturated/α-hetero) is 1. The molecule has 8 heteroatoms. The maximum atomic E-state index is 12.4. The van der Waals surface area contributed by atoms with Gasteiger partial charge in [-0.3, -0.25) is 4.79 Å². The zero-order chi connectivity index (χ0) is 20.6. The summed E-state index contributed by atoms with van der Waals surface area (Å²) in [6.45, 7) is 0.0413. The highest BCUT2D eigenvalue weighted by atomic mass is 19.4. The molecule has 0 unspecified atom stereocenters. The molecule has 0 aliphatic heterocycles. The first-order chi connectivity index (χ1) is 13.2. The van der Waals surface area contributed by atoms with Crippen LogP contribution in [0, 0.1) is 0 Å². The molecule has 1 amide bonds. The molecule has 28 heavy (non-hydrogen) atoms. The molecule has 2 N–H and O–H groups in total. The molecule has 0 fully saturated rings. The van der Waals surface area contributed by atoms with E-state index >= 15 is 0 Å². The van der Waals surface area contributed by atoms with E-state index in [4.69, 9.17) is 4.74 Å². The Labute approximate surface area is 160 Å². The molecular formula is C20H21F3N2O3. The van der Waals surface area contributed by atoms with Crippen molar-refractivity contribution in [3.8, 4) is 5.75 Å². The van der Waals surface area contributed by atoms with E-state index in [1.165, 1.54) is 19.1 Å². The second-order valence-corrected chi connectivity index (χ2v) is 6.20. The van der Waals surface area contributed by atoms with Crippen LogP contribution >= 0.6 is 0 Å². The fraction of sp³-hybridized carbons (Fsp3) is 0.300. The van der Waals surface area contributed by atoms with Crippen LogP contribution in [0.25, 0.3) is 0 Å². The summed E-state index contributed by atoms with van der Waals surface area (Å²) in [6, 6.07) is 13.1. The molecule has 0 saturated carbocycles. The van der Waals surface area contributed by atoms with E-state index in [1.54, 1.807) is 24.3 Å². The van der Waals surface area contributed by atoms with Crippen LogP contribution < -0.4 is 15.4 Å². The van der Waals surface area contributed by atoms with Crippen molar-refractivity contribution in [3.63, 3.8) is 0 Å². The molecular weight excluding hydrogens is 373 g/mol. The van der Waals surface area contributed by atoms with Gasteiger partial charge in [-0.2, -0.15) is 13.2 Å². The van der Waals surface area contributed by atoms with Gasteiger partial charge < -0.3 is 20.2 Å². The largest absolute Gasteiger partial charge is 0.484 e. The molecule has 0 spiro atoms. The lowest BCUT2D eigenvalue weighted by molar-refractivity contribution is -0.118. The molecule has 150 valence electrons. The normalized spacial score (nSPS) is 11.0. The summed E-state index contributed by atoms with van der Waals surface area (Å²) >= 11 is 0. The monoisotopic (exact) mass is 394 g/mol. The Hall–Kier alpha value is -3.03. The first-order valence-corrected chi connectivity index (χ1v) is 8.63. The van der Waals surface area contributed by atoms with Gasteiger partial charge in [0.15, 0.2) is 6.61 Å². The fourth-order valence-corrected chi connectivity index (χ4v) is 2.35. The number of anilines is 2. The molecule has 2 rings (SSSR count). The summed E-state index contributed by atoms with van der Waals surface area (Å²) in [5, 5.41) is 4.78. The van der Waals surface area contributed by atoms with E-state index in [-0.39, 0.29) is 23.8 Å². The second kappa shape index (κ2) is 9.77. The zero-order valence-electron chi connectivity index (χ0n) is 15.3. The van der Waals surface area contributed by atoms with Gasteiger partial charge >= 0.3 is 6.18 Å². The molecule has 2 aromatic carbocycles. The van der Waals surface area contributed by atoms with Gasteiger partial charge in [-0.1, -0.05) is 24.3 Å². The number of halogens is 3. The summed E-state index contributed by atoms with van der Waals surface area (Å²) in [7, 11) is 0. The third kappa shape index (κ3) is 7.69. The first kappa shape index (κ1) is 21.3. The summed E-state index contributed by atoms with van der Waals surface area (Å²) in [6.07, 6.45) is -3.26. The van der Waals surface area contributed by atoms with E-state index < -0.39 is 18.6 Å². The number of benzene rings is 2. The van der Waals surface area contributed by atoms with Gasteiger partial charge in [0.1, 0.15) is 18.1 Å². The summed E-state index contributed by atoms with van der Waals surface area (Å²) < 4.78 is 42.5. The Morgan fingerprint density at radius 1 is 1.00 bits per heavy atom. The number of ketones is 1. The average Bonchev–Trinajstić information content (AvgIpc) is 2.64. The van der Waals surface area contributed by atoms with Crippen LogP contribution in [0.1, 0.15) is 18.9 Å². The van der Waals surface area contributed by atoms with Gasteiger partial charge in [-0.15, -0.1) is 0 Å². The van der Waals surface area contributed by atoms with Crippen LogP contribution in [0.5, 0.6) is 5.75 Å². The number of carbonyl (C=O) groups excluding carboxylic acids is 2. The number of rotatable bonds is 9.